The van der Waals surface area contributed by atoms with Crippen LogP contribution >= 0.6 is 0 Å². The number of pyridine rings is 1. The van der Waals surface area contributed by atoms with Gasteiger partial charge in [-0.25, -0.2) is 4.39 Å². The summed E-state index contributed by atoms with van der Waals surface area (Å²) in [7, 11) is 0. The molecule has 0 fully saturated rings. The summed E-state index contributed by atoms with van der Waals surface area (Å²) in [6.45, 7) is 4.24. The van der Waals surface area contributed by atoms with E-state index in [2.05, 4.69) is 4.98 Å². The fourth-order valence-electron chi connectivity index (χ4n) is 1.90. The van der Waals surface area contributed by atoms with Crippen LogP contribution in [-0.4, -0.2) is 11.1 Å². The molecule has 1 aromatic heterocycles. The van der Waals surface area contributed by atoms with Crippen LogP contribution in [0.4, 0.5) is 4.39 Å². The Morgan fingerprint density at radius 3 is 2.74 bits per heavy atom. The smallest absolute Gasteiger partial charge is 0.138 e. The predicted octanol–water partition coefficient (Wildman–Crippen LogP) is 3.13. The number of nitrogens with two attached hydrogens (primary N) is 1. The maximum atomic E-state index is 13.4. The van der Waals surface area contributed by atoms with Gasteiger partial charge in [-0.15, -0.1) is 0 Å². The van der Waals surface area contributed by atoms with Gasteiger partial charge in [-0.1, -0.05) is 6.07 Å². The zero-order valence-corrected chi connectivity index (χ0v) is 11.1. The quantitative estimate of drug-likeness (QED) is 0.918. The number of aromatic nitrogens is 1. The molecule has 3 nitrogen and oxygen atoms in total. The highest BCUT2D eigenvalue weighted by atomic mass is 19.1. The Bertz CT molecular complexity index is 570. The van der Waals surface area contributed by atoms with E-state index in [4.69, 9.17) is 10.5 Å². The Hall–Kier alpha value is -1.94. The first-order chi connectivity index (χ1) is 9.10. The average molecular weight is 260 g/mol. The maximum Gasteiger partial charge on any atom is 0.138 e. The zero-order valence-electron chi connectivity index (χ0n) is 11.1. The number of rotatable bonds is 4. The second-order valence-electron chi connectivity index (χ2n) is 4.58. The highest BCUT2D eigenvalue weighted by molar-refractivity contribution is 5.67. The lowest BCUT2D eigenvalue weighted by Gasteiger charge is -2.12. The van der Waals surface area contributed by atoms with Crippen molar-refractivity contribution in [2.24, 2.45) is 5.73 Å². The van der Waals surface area contributed by atoms with Gasteiger partial charge in [-0.05, 0) is 43.2 Å². The Morgan fingerprint density at radius 1 is 1.26 bits per heavy atom. The van der Waals surface area contributed by atoms with Gasteiger partial charge in [0.15, 0.2) is 0 Å². The summed E-state index contributed by atoms with van der Waals surface area (Å²) in [6, 6.07) is 6.42. The number of ether oxygens (including phenoxy) is 1. The topological polar surface area (TPSA) is 48.1 Å². The van der Waals surface area contributed by atoms with Gasteiger partial charge in [-0.2, -0.15) is 0 Å². The normalized spacial score (nSPS) is 10.8. The second kappa shape index (κ2) is 5.80. The van der Waals surface area contributed by atoms with Crippen molar-refractivity contribution < 1.29 is 9.13 Å². The predicted molar refractivity (Wildman–Crippen MR) is 73.3 cm³/mol. The molecule has 0 aliphatic carbocycles. The monoisotopic (exact) mass is 260 g/mol. The zero-order chi connectivity index (χ0) is 13.8. The molecule has 2 rings (SSSR count). The van der Waals surface area contributed by atoms with E-state index < -0.39 is 0 Å². The van der Waals surface area contributed by atoms with Gasteiger partial charge >= 0.3 is 0 Å². The van der Waals surface area contributed by atoms with Crippen LogP contribution in [-0.2, 0) is 6.54 Å². The molecule has 100 valence electrons. The minimum absolute atomic E-state index is 0.0681. The molecule has 4 heteroatoms. The summed E-state index contributed by atoms with van der Waals surface area (Å²) in [5.74, 6) is 0.377. The van der Waals surface area contributed by atoms with Crippen LogP contribution in [0.5, 0.6) is 5.75 Å². The SMILES string of the molecule is CC(C)Oc1cncc(-c2cc(F)ccc2CN)c1. The van der Waals surface area contributed by atoms with Crippen molar-refractivity contribution in [2.75, 3.05) is 0 Å². The molecule has 0 aliphatic rings. The molecule has 0 amide bonds. The third kappa shape index (κ3) is 3.29. The molecule has 1 aromatic carbocycles. The summed E-state index contributed by atoms with van der Waals surface area (Å²) in [5, 5.41) is 0. The summed E-state index contributed by atoms with van der Waals surface area (Å²) < 4.78 is 19.0. The molecule has 0 atom stereocenters. The summed E-state index contributed by atoms with van der Waals surface area (Å²) in [4.78, 5) is 4.13. The van der Waals surface area contributed by atoms with Crippen molar-refractivity contribution in [3.8, 4) is 16.9 Å². The van der Waals surface area contributed by atoms with Crippen LogP contribution in [0.25, 0.3) is 11.1 Å². The van der Waals surface area contributed by atoms with E-state index in [9.17, 15) is 4.39 Å². The molecule has 0 bridgehead atoms. The van der Waals surface area contributed by atoms with Gasteiger partial charge in [0, 0.05) is 18.3 Å². The highest BCUT2D eigenvalue weighted by Crippen LogP contribution is 2.27. The van der Waals surface area contributed by atoms with E-state index in [0.29, 0.717) is 12.3 Å². The third-order valence-electron chi connectivity index (χ3n) is 2.69. The van der Waals surface area contributed by atoms with Gasteiger partial charge in [0.2, 0.25) is 0 Å². The maximum absolute atomic E-state index is 13.4. The molecule has 1 heterocycles. The number of nitrogens with zero attached hydrogens (tertiary/aromatic N) is 1. The second-order valence-corrected chi connectivity index (χ2v) is 4.58. The van der Waals surface area contributed by atoms with Crippen molar-refractivity contribution in [3.05, 3.63) is 48.0 Å². The number of hydrogen-bond acceptors (Lipinski definition) is 3. The molecule has 2 N–H and O–H groups in total. The van der Waals surface area contributed by atoms with Crippen molar-refractivity contribution in [3.63, 3.8) is 0 Å². The van der Waals surface area contributed by atoms with Gasteiger partial charge in [0.05, 0.1) is 12.3 Å². The molecule has 0 saturated carbocycles. The Kier molecular flexibility index (Phi) is 4.12. The summed E-state index contributed by atoms with van der Waals surface area (Å²) in [5.41, 5.74) is 8.12. The van der Waals surface area contributed by atoms with Crippen molar-refractivity contribution in [2.45, 2.75) is 26.5 Å². The first-order valence-electron chi connectivity index (χ1n) is 6.20. The lowest BCUT2D eigenvalue weighted by Crippen LogP contribution is -2.06. The molecule has 2 aromatic rings. The van der Waals surface area contributed by atoms with Crippen LogP contribution in [0, 0.1) is 5.82 Å². The van der Waals surface area contributed by atoms with Gasteiger partial charge < -0.3 is 10.5 Å². The van der Waals surface area contributed by atoms with Gasteiger partial charge in [-0.3, -0.25) is 4.98 Å². The molecule has 0 aliphatic heterocycles. The number of hydrogen-bond donors (Lipinski definition) is 1. The van der Waals surface area contributed by atoms with Crippen molar-refractivity contribution in [1.82, 2.24) is 4.98 Å². The van der Waals surface area contributed by atoms with Crippen LogP contribution in [0.3, 0.4) is 0 Å². The van der Waals surface area contributed by atoms with E-state index in [1.54, 1.807) is 18.5 Å². The van der Waals surface area contributed by atoms with Crippen molar-refractivity contribution in [1.29, 1.82) is 0 Å². The van der Waals surface area contributed by atoms with E-state index in [-0.39, 0.29) is 11.9 Å². The molecule has 0 radical (unpaired) electrons. The molecule has 0 spiro atoms. The molecule has 0 unspecified atom stereocenters. The highest BCUT2D eigenvalue weighted by Gasteiger charge is 2.08. The fourth-order valence-corrected chi connectivity index (χ4v) is 1.90. The van der Waals surface area contributed by atoms with Crippen molar-refractivity contribution >= 4 is 0 Å². The minimum atomic E-state index is -0.289. The molecular formula is C15H17FN2O. The Labute approximate surface area is 112 Å². The van der Waals surface area contributed by atoms with E-state index in [0.717, 1.165) is 16.7 Å². The van der Waals surface area contributed by atoms with E-state index in [1.807, 2.05) is 19.9 Å². The fraction of sp³-hybridized carbons (Fsp3) is 0.267. The van der Waals surface area contributed by atoms with Crippen LogP contribution in [0.2, 0.25) is 0 Å². The van der Waals surface area contributed by atoms with Crippen LogP contribution in [0.1, 0.15) is 19.4 Å². The molecule has 0 saturated heterocycles. The van der Waals surface area contributed by atoms with Gasteiger partial charge in [0.25, 0.3) is 0 Å². The number of benzene rings is 1. The van der Waals surface area contributed by atoms with Crippen LogP contribution < -0.4 is 10.5 Å². The van der Waals surface area contributed by atoms with Crippen LogP contribution in [0.15, 0.2) is 36.7 Å². The van der Waals surface area contributed by atoms with E-state index in [1.165, 1.54) is 12.1 Å². The van der Waals surface area contributed by atoms with Gasteiger partial charge in [0.1, 0.15) is 11.6 Å². The summed E-state index contributed by atoms with van der Waals surface area (Å²) >= 11 is 0. The Balaban J connectivity index is 2.43. The summed E-state index contributed by atoms with van der Waals surface area (Å²) in [6.07, 6.45) is 3.39. The minimum Gasteiger partial charge on any atom is -0.489 e. The lowest BCUT2D eigenvalue weighted by atomic mass is 10.0. The standard InChI is InChI=1S/C15H17FN2O/c1-10(2)19-14-5-12(8-18-9-14)15-6-13(16)4-3-11(15)7-17/h3-6,8-10H,7,17H2,1-2H3. The largest absolute Gasteiger partial charge is 0.489 e. The lowest BCUT2D eigenvalue weighted by molar-refractivity contribution is 0.241. The molecular weight excluding hydrogens is 243 g/mol. The first kappa shape index (κ1) is 13.5. The average Bonchev–Trinajstić information content (AvgIpc) is 2.38. The number of halogens is 1. The third-order valence-corrected chi connectivity index (χ3v) is 2.69. The molecule has 19 heavy (non-hydrogen) atoms. The first-order valence-corrected chi connectivity index (χ1v) is 6.20. The Morgan fingerprint density at radius 2 is 2.05 bits per heavy atom. The van der Waals surface area contributed by atoms with E-state index >= 15 is 0 Å².